The summed E-state index contributed by atoms with van der Waals surface area (Å²) in [5.41, 5.74) is 5.84. The van der Waals surface area contributed by atoms with Crippen LogP contribution in [-0.2, 0) is 12.8 Å². The molecule has 0 saturated heterocycles. The molecular formula is C20H18N4O. The zero-order chi connectivity index (χ0) is 16.6. The lowest BCUT2D eigenvalue weighted by Gasteiger charge is -2.19. The van der Waals surface area contributed by atoms with Crippen LogP contribution in [0.15, 0.2) is 61.4 Å². The lowest BCUT2D eigenvalue weighted by atomic mass is 9.88. The summed E-state index contributed by atoms with van der Waals surface area (Å²) in [6, 6.07) is 10.8. The Kier molecular flexibility index (Phi) is 3.30. The molecule has 5 nitrogen and oxygen atoms in total. The molecule has 1 unspecified atom stereocenters. The smallest absolute Gasteiger partial charge is 0.136 e. The van der Waals surface area contributed by atoms with Crippen molar-refractivity contribution < 1.29 is 4.74 Å². The van der Waals surface area contributed by atoms with Crippen LogP contribution in [0.25, 0.3) is 5.65 Å². The number of fused-ring (bicyclic) bond motifs is 2. The van der Waals surface area contributed by atoms with E-state index >= 15 is 0 Å². The lowest BCUT2D eigenvalue weighted by Crippen LogP contribution is -2.08. The summed E-state index contributed by atoms with van der Waals surface area (Å²) in [6.07, 6.45) is 11.3. The summed E-state index contributed by atoms with van der Waals surface area (Å²) >= 11 is 0. The Morgan fingerprint density at radius 3 is 3.16 bits per heavy atom. The van der Waals surface area contributed by atoms with Crippen LogP contribution in [0.5, 0.6) is 5.75 Å². The first-order valence-corrected chi connectivity index (χ1v) is 8.53. The molecule has 4 heterocycles. The van der Waals surface area contributed by atoms with Crippen LogP contribution >= 0.6 is 0 Å². The summed E-state index contributed by atoms with van der Waals surface area (Å²) < 4.78 is 7.98. The molecule has 0 bridgehead atoms. The van der Waals surface area contributed by atoms with Crippen LogP contribution in [0.4, 0.5) is 0 Å². The van der Waals surface area contributed by atoms with Gasteiger partial charge >= 0.3 is 0 Å². The minimum Gasteiger partial charge on any atom is -0.493 e. The topological polar surface area (TPSA) is 55.2 Å². The molecule has 0 amide bonds. The van der Waals surface area contributed by atoms with Gasteiger partial charge in [0.15, 0.2) is 0 Å². The monoisotopic (exact) mass is 330 g/mol. The molecule has 124 valence electrons. The number of pyridine rings is 1. The predicted octanol–water partition coefficient (Wildman–Crippen LogP) is 3.37. The lowest BCUT2D eigenvalue weighted by molar-refractivity contribution is 0.352. The molecule has 5 heteroatoms. The normalized spacial score (nSPS) is 14.4. The molecule has 1 N–H and O–H groups in total. The number of ether oxygens (including phenoxy) is 1. The zero-order valence-electron chi connectivity index (χ0n) is 13.7. The van der Waals surface area contributed by atoms with E-state index in [1.54, 1.807) is 6.33 Å². The van der Waals surface area contributed by atoms with E-state index in [0.717, 1.165) is 36.5 Å². The summed E-state index contributed by atoms with van der Waals surface area (Å²) in [5, 5.41) is 0. The van der Waals surface area contributed by atoms with Crippen molar-refractivity contribution in [2.24, 2.45) is 0 Å². The highest BCUT2D eigenvalue weighted by Gasteiger charge is 2.24. The third-order valence-electron chi connectivity index (χ3n) is 4.92. The molecule has 0 spiro atoms. The molecule has 5 rings (SSSR count). The Balaban J connectivity index is 1.58. The number of aromatic nitrogens is 4. The number of hydrogen-bond acceptors (Lipinski definition) is 3. The zero-order valence-corrected chi connectivity index (χ0v) is 13.7. The fourth-order valence-corrected chi connectivity index (χ4v) is 3.67. The van der Waals surface area contributed by atoms with Crippen LogP contribution < -0.4 is 4.74 Å². The van der Waals surface area contributed by atoms with Crippen molar-refractivity contribution >= 4 is 5.65 Å². The second-order valence-corrected chi connectivity index (χ2v) is 6.43. The largest absolute Gasteiger partial charge is 0.493 e. The van der Waals surface area contributed by atoms with Gasteiger partial charge in [-0.3, -0.25) is 0 Å². The molecule has 1 aliphatic heterocycles. The third-order valence-corrected chi connectivity index (χ3v) is 4.92. The molecule has 0 radical (unpaired) electrons. The van der Waals surface area contributed by atoms with Crippen molar-refractivity contribution in [1.29, 1.82) is 0 Å². The summed E-state index contributed by atoms with van der Waals surface area (Å²) in [4.78, 5) is 11.9. The molecule has 25 heavy (non-hydrogen) atoms. The van der Waals surface area contributed by atoms with E-state index in [9.17, 15) is 0 Å². The number of rotatable bonds is 4. The standard InChI is InChI=1S/C20H18N4O/c1-2-15-5-9-25-20(15)16(3-1)17(18-12-21-13-23-18)10-14-4-7-24-8-6-22-19(24)11-14/h1-4,6-8,11-13,17H,5,9-10H2,(H,21,23). The van der Waals surface area contributed by atoms with Gasteiger partial charge in [-0.1, -0.05) is 18.2 Å². The third kappa shape index (κ3) is 2.48. The van der Waals surface area contributed by atoms with Crippen molar-refractivity contribution in [3.63, 3.8) is 0 Å². The molecule has 1 aromatic carbocycles. The number of hydrogen-bond donors (Lipinski definition) is 1. The van der Waals surface area contributed by atoms with Crippen LogP contribution in [0.3, 0.4) is 0 Å². The maximum Gasteiger partial charge on any atom is 0.136 e. The minimum absolute atomic E-state index is 0.174. The number of para-hydroxylation sites is 1. The van der Waals surface area contributed by atoms with E-state index in [2.05, 4.69) is 51.5 Å². The SMILES string of the molecule is c1cc2c(c(C(Cc3ccn4ccnc4c3)c3cnc[nH]3)c1)OCC2. The first kappa shape index (κ1) is 14.3. The van der Waals surface area contributed by atoms with Gasteiger partial charge in [0.05, 0.1) is 12.9 Å². The maximum absolute atomic E-state index is 5.95. The van der Waals surface area contributed by atoms with Gasteiger partial charge in [0.25, 0.3) is 0 Å². The highest BCUT2D eigenvalue weighted by atomic mass is 16.5. The number of nitrogens with one attached hydrogen (secondary N) is 1. The second-order valence-electron chi connectivity index (χ2n) is 6.43. The van der Waals surface area contributed by atoms with E-state index in [1.165, 1.54) is 16.7 Å². The molecule has 0 aliphatic carbocycles. The Morgan fingerprint density at radius 2 is 2.24 bits per heavy atom. The van der Waals surface area contributed by atoms with Gasteiger partial charge in [0, 0.05) is 48.4 Å². The highest BCUT2D eigenvalue weighted by Crippen LogP contribution is 2.38. The van der Waals surface area contributed by atoms with Crippen LogP contribution in [0, 0.1) is 0 Å². The Morgan fingerprint density at radius 1 is 1.24 bits per heavy atom. The molecule has 4 aromatic rings. The van der Waals surface area contributed by atoms with Gasteiger partial charge in [-0.15, -0.1) is 0 Å². The average Bonchev–Trinajstić information content (AvgIpc) is 3.39. The fraction of sp³-hybridized carbons (Fsp3) is 0.200. The molecule has 1 atom stereocenters. The number of aromatic amines is 1. The van der Waals surface area contributed by atoms with E-state index < -0.39 is 0 Å². The van der Waals surface area contributed by atoms with Crippen molar-refractivity contribution in [3.05, 3.63) is 83.8 Å². The number of imidazole rings is 2. The van der Waals surface area contributed by atoms with Crippen LogP contribution in [0.1, 0.15) is 28.3 Å². The fourth-order valence-electron chi connectivity index (χ4n) is 3.67. The molecule has 0 fully saturated rings. The Bertz CT molecular complexity index is 1020. The number of nitrogens with zero attached hydrogens (tertiary/aromatic N) is 3. The number of H-pyrrole nitrogens is 1. The summed E-state index contributed by atoms with van der Waals surface area (Å²) in [7, 11) is 0. The van der Waals surface area contributed by atoms with Crippen molar-refractivity contribution in [3.8, 4) is 5.75 Å². The Labute approximate surface area is 145 Å². The Hall–Kier alpha value is -3.08. The van der Waals surface area contributed by atoms with E-state index in [1.807, 2.05) is 23.0 Å². The summed E-state index contributed by atoms with van der Waals surface area (Å²) in [6.45, 7) is 0.766. The number of benzene rings is 1. The van der Waals surface area contributed by atoms with Gasteiger partial charge in [-0.25, -0.2) is 9.97 Å². The molecule has 0 saturated carbocycles. The molecule has 3 aromatic heterocycles. The molecular weight excluding hydrogens is 312 g/mol. The van der Waals surface area contributed by atoms with E-state index in [0.29, 0.717) is 0 Å². The van der Waals surface area contributed by atoms with Crippen molar-refractivity contribution in [1.82, 2.24) is 19.4 Å². The summed E-state index contributed by atoms with van der Waals surface area (Å²) in [5.74, 6) is 1.22. The second kappa shape index (κ2) is 5.77. The van der Waals surface area contributed by atoms with Gasteiger partial charge in [0.1, 0.15) is 11.4 Å². The minimum atomic E-state index is 0.174. The first-order valence-electron chi connectivity index (χ1n) is 8.53. The highest BCUT2D eigenvalue weighted by molar-refractivity contribution is 5.49. The average molecular weight is 330 g/mol. The van der Waals surface area contributed by atoms with Crippen LogP contribution in [0.2, 0.25) is 0 Å². The quantitative estimate of drug-likeness (QED) is 0.624. The van der Waals surface area contributed by atoms with Crippen molar-refractivity contribution in [2.45, 2.75) is 18.8 Å². The van der Waals surface area contributed by atoms with Crippen LogP contribution in [-0.4, -0.2) is 26.0 Å². The van der Waals surface area contributed by atoms with E-state index in [-0.39, 0.29) is 5.92 Å². The molecule has 1 aliphatic rings. The first-order chi connectivity index (χ1) is 12.4. The van der Waals surface area contributed by atoms with Gasteiger partial charge in [-0.2, -0.15) is 0 Å². The predicted molar refractivity (Wildman–Crippen MR) is 95.0 cm³/mol. The van der Waals surface area contributed by atoms with Gasteiger partial charge in [0.2, 0.25) is 0 Å². The van der Waals surface area contributed by atoms with Gasteiger partial charge in [-0.05, 0) is 29.7 Å². The van der Waals surface area contributed by atoms with E-state index in [4.69, 9.17) is 4.74 Å². The maximum atomic E-state index is 5.95. The van der Waals surface area contributed by atoms with Crippen molar-refractivity contribution in [2.75, 3.05) is 6.61 Å². The van der Waals surface area contributed by atoms with Gasteiger partial charge < -0.3 is 14.1 Å².